The van der Waals surface area contributed by atoms with Crippen LogP contribution in [0.3, 0.4) is 0 Å². The maximum Gasteiger partial charge on any atom is 0.0781 e. The van der Waals surface area contributed by atoms with Gasteiger partial charge in [0.15, 0.2) is 0 Å². The van der Waals surface area contributed by atoms with Gasteiger partial charge < -0.3 is 44.1 Å². The molecule has 0 aliphatic carbocycles. The number of ether oxygens (including phenoxy) is 3. The van der Waals surface area contributed by atoms with Gasteiger partial charge in [0.25, 0.3) is 0 Å². The Hall–Kier alpha value is 0.784. The minimum Gasteiger partial charge on any atom is -0.380 e. The molecule has 0 aromatic carbocycles. The van der Waals surface area contributed by atoms with E-state index in [1.807, 2.05) is 13.8 Å². The van der Waals surface area contributed by atoms with E-state index in [0.717, 1.165) is 26.1 Å². The van der Waals surface area contributed by atoms with E-state index in [1.165, 1.54) is 0 Å². The molecule has 0 aliphatic rings. The zero-order chi connectivity index (χ0) is 12.9. The minimum absolute atomic E-state index is 0. The molecule has 9 heteroatoms. The van der Waals surface area contributed by atoms with Crippen molar-refractivity contribution in [3.63, 3.8) is 0 Å². The van der Waals surface area contributed by atoms with Crippen molar-refractivity contribution in [2.45, 2.75) is 106 Å². The normalized spacial score (nSPS) is 8.40. The predicted molar refractivity (Wildman–Crippen MR) is 145 cm³/mol. The molecule has 30 heavy (non-hydrogen) atoms. The molecule has 13 N–H and O–H groups in total. The van der Waals surface area contributed by atoms with Crippen molar-refractivity contribution in [2.24, 2.45) is 11.5 Å². The number of nitrogens with two attached hydrogens (primary N) is 2. The third-order valence-electron chi connectivity index (χ3n) is 2.08. The second-order valence-corrected chi connectivity index (χ2v) is 4.30. The molecule has 0 fully saturated rings. The molecule has 0 saturated heterocycles. The Morgan fingerprint density at radius 2 is 0.967 bits per heavy atom. The SMILES string of the molecule is C.C.C.C.C.C.C.C.C.CC(N)COCCCCOCC(C)OCCN.N.N.N.[Y]. The summed E-state index contributed by atoms with van der Waals surface area (Å²) in [6.07, 6.45) is 2.13. The van der Waals surface area contributed by atoms with Crippen LogP contribution in [0.1, 0.15) is 93.5 Å². The summed E-state index contributed by atoms with van der Waals surface area (Å²) in [6.45, 7) is 7.83. The quantitative estimate of drug-likeness (QED) is 0.171. The molecule has 0 aromatic heterocycles. The van der Waals surface area contributed by atoms with Crippen molar-refractivity contribution in [2.75, 3.05) is 39.6 Å². The van der Waals surface area contributed by atoms with Crippen LogP contribution in [0.2, 0.25) is 0 Å². The summed E-state index contributed by atoms with van der Waals surface area (Å²) in [5.74, 6) is 0. The van der Waals surface area contributed by atoms with Crippen molar-refractivity contribution >= 4 is 0 Å². The molecule has 0 amide bonds. The van der Waals surface area contributed by atoms with Crippen LogP contribution in [-0.2, 0) is 46.9 Å². The molecule has 2 unspecified atom stereocenters. The smallest absolute Gasteiger partial charge is 0.0781 e. The molecular formula is C21H73N5O3Y. The van der Waals surface area contributed by atoms with Crippen LogP contribution >= 0.6 is 0 Å². The van der Waals surface area contributed by atoms with Crippen LogP contribution in [0, 0.1) is 0 Å². The first-order valence-electron chi connectivity index (χ1n) is 6.39. The summed E-state index contributed by atoms with van der Waals surface area (Å²) < 4.78 is 16.2. The molecule has 0 aliphatic heterocycles. The van der Waals surface area contributed by atoms with Gasteiger partial charge in [-0.1, -0.05) is 66.8 Å². The summed E-state index contributed by atoms with van der Waals surface area (Å²) in [5, 5.41) is 0. The average Bonchev–Trinajstić information content (AvgIpc) is 2.29. The van der Waals surface area contributed by atoms with Crippen molar-refractivity contribution in [3.8, 4) is 0 Å². The van der Waals surface area contributed by atoms with E-state index in [2.05, 4.69) is 0 Å². The van der Waals surface area contributed by atoms with Gasteiger partial charge in [0.05, 0.1) is 25.9 Å². The van der Waals surface area contributed by atoms with E-state index in [9.17, 15) is 0 Å². The van der Waals surface area contributed by atoms with Crippen LogP contribution in [0.4, 0.5) is 0 Å². The first-order chi connectivity index (χ1) is 8.16. The van der Waals surface area contributed by atoms with E-state index in [4.69, 9.17) is 25.7 Å². The molecule has 0 heterocycles. The van der Waals surface area contributed by atoms with Crippen LogP contribution in [-0.4, -0.2) is 51.7 Å². The second kappa shape index (κ2) is 78.0. The van der Waals surface area contributed by atoms with Gasteiger partial charge in [0.2, 0.25) is 0 Å². The van der Waals surface area contributed by atoms with Gasteiger partial charge in [-0.2, -0.15) is 0 Å². The number of rotatable bonds is 12. The Balaban J connectivity index is -0.0000000164. The molecule has 203 valence electrons. The number of hydrogen-bond donors (Lipinski definition) is 5. The molecule has 0 rings (SSSR count). The van der Waals surface area contributed by atoms with Crippen LogP contribution in [0.25, 0.3) is 0 Å². The third-order valence-corrected chi connectivity index (χ3v) is 2.08. The first-order valence-corrected chi connectivity index (χ1v) is 6.39. The molecule has 0 bridgehead atoms. The van der Waals surface area contributed by atoms with Gasteiger partial charge in [-0.3, -0.25) is 0 Å². The average molecular weight is 533 g/mol. The maximum atomic E-state index is 5.56. The second-order valence-electron chi connectivity index (χ2n) is 4.30. The first kappa shape index (κ1) is 96.9. The third kappa shape index (κ3) is 89.2. The van der Waals surface area contributed by atoms with Gasteiger partial charge in [0.1, 0.15) is 0 Å². The minimum atomic E-state index is 0. The summed E-state index contributed by atoms with van der Waals surface area (Å²) >= 11 is 0. The predicted octanol–water partition coefficient (Wildman–Crippen LogP) is 6.72. The van der Waals surface area contributed by atoms with Crippen molar-refractivity contribution in [3.05, 3.63) is 0 Å². The van der Waals surface area contributed by atoms with E-state index in [0.29, 0.717) is 26.4 Å². The topological polar surface area (TPSA) is 185 Å². The van der Waals surface area contributed by atoms with Crippen molar-refractivity contribution in [1.29, 1.82) is 0 Å². The summed E-state index contributed by atoms with van der Waals surface area (Å²) in [7, 11) is 0. The van der Waals surface area contributed by atoms with Gasteiger partial charge in [-0.25, -0.2) is 0 Å². The fraction of sp³-hybridized carbons (Fsp3) is 1.00. The summed E-state index contributed by atoms with van der Waals surface area (Å²) in [6, 6.07) is 0.117. The van der Waals surface area contributed by atoms with Gasteiger partial charge >= 0.3 is 0 Å². The molecule has 8 nitrogen and oxygen atoms in total. The van der Waals surface area contributed by atoms with Gasteiger partial charge in [-0.05, 0) is 26.7 Å². The molecular weight excluding hydrogens is 459 g/mol. The van der Waals surface area contributed by atoms with Crippen molar-refractivity contribution in [1.82, 2.24) is 18.5 Å². The molecule has 1 radical (unpaired) electrons. The zero-order valence-corrected chi connectivity index (χ0v) is 16.7. The van der Waals surface area contributed by atoms with Crippen LogP contribution < -0.4 is 29.9 Å². The van der Waals surface area contributed by atoms with Crippen LogP contribution in [0.15, 0.2) is 0 Å². The van der Waals surface area contributed by atoms with Crippen molar-refractivity contribution < 1.29 is 46.9 Å². The van der Waals surface area contributed by atoms with E-state index < -0.39 is 0 Å². The molecule has 2 atom stereocenters. The molecule has 0 aromatic rings. The summed E-state index contributed by atoms with van der Waals surface area (Å²) in [5.41, 5.74) is 10.9. The van der Waals surface area contributed by atoms with E-state index >= 15 is 0 Å². The van der Waals surface area contributed by atoms with E-state index in [-0.39, 0.29) is 130 Å². The standard InChI is InChI=1S/C12H28N2O3.9CH4.3H3N.Y/c1-11(14)9-15-6-3-4-7-16-10-12(2)17-8-5-13;;;;;;;;;;;;;/h11-12H,3-10,13-14H2,1-2H3;9*1H4;3*1H3;. The summed E-state index contributed by atoms with van der Waals surface area (Å²) in [4.78, 5) is 0. The maximum absolute atomic E-state index is 5.56. The molecule has 0 spiro atoms. The van der Waals surface area contributed by atoms with Crippen LogP contribution in [0.5, 0.6) is 0 Å². The molecule has 0 saturated carbocycles. The monoisotopic (exact) mass is 532 g/mol. The Morgan fingerprint density at radius 3 is 1.27 bits per heavy atom. The fourth-order valence-corrected chi connectivity index (χ4v) is 1.24. The van der Waals surface area contributed by atoms with Gasteiger partial charge in [0, 0.05) is 58.5 Å². The fourth-order valence-electron chi connectivity index (χ4n) is 1.24. The Bertz CT molecular complexity index is 176. The largest absolute Gasteiger partial charge is 0.380 e. The van der Waals surface area contributed by atoms with E-state index in [1.54, 1.807) is 0 Å². The number of hydrogen-bond acceptors (Lipinski definition) is 8. The Kier molecular flexibility index (Phi) is 252. The zero-order valence-electron chi connectivity index (χ0n) is 13.9. The Morgan fingerprint density at radius 1 is 0.633 bits per heavy atom. The Labute approximate surface area is 221 Å². The number of unbranched alkanes of at least 4 members (excludes halogenated alkanes) is 1. The van der Waals surface area contributed by atoms with Gasteiger partial charge in [-0.15, -0.1) is 0 Å².